The first-order chi connectivity index (χ1) is 12.9. The van der Waals surface area contributed by atoms with Crippen LogP contribution in [0.1, 0.15) is 43.8 Å². The van der Waals surface area contributed by atoms with Gasteiger partial charge in [0.15, 0.2) is 0 Å². The largest absolute Gasteiger partial charge is 0.342 e. The molecule has 1 N–H and O–H groups in total. The number of benzene rings is 1. The average Bonchev–Trinajstić information content (AvgIpc) is 3.11. The second-order valence-corrected chi connectivity index (χ2v) is 9.56. The molecule has 2 saturated heterocycles. The summed E-state index contributed by atoms with van der Waals surface area (Å²) >= 11 is 0. The van der Waals surface area contributed by atoms with Gasteiger partial charge < -0.3 is 9.88 Å². The first kappa shape index (κ1) is 18.4. The number of aromatic nitrogens is 2. The van der Waals surface area contributed by atoms with E-state index in [1.54, 1.807) is 0 Å². The van der Waals surface area contributed by atoms with Gasteiger partial charge in [0.25, 0.3) is 0 Å². The summed E-state index contributed by atoms with van der Waals surface area (Å²) in [5.74, 6) is 1.25. The molecule has 146 valence electrons. The molecule has 2 aromatic rings. The molecule has 27 heavy (non-hydrogen) atoms. The number of sulfonamides is 1. The van der Waals surface area contributed by atoms with Gasteiger partial charge in [-0.05, 0) is 37.8 Å². The number of hydrogen-bond acceptors (Lipinski definition) is 4. The van der Waals surface area contributed by atoms with E-state index in [4.69, 9.17) is 4.98 Å². The van der Waals surface area contributed by atoms with E-state index in [1.165, 1.54) is 10.6 Å². The second kappa shape index (κ2) is 7.24. The molecule has 0 aliphatic carbocycles. The number of imidazole rings is 1. The van der Waals surface area contributed by atoms with Crippen LogP contribution in [0.4, 0.5) is 0 Å². The van der Waals surface area contributed by atoms with Crippen molar-refractivity contribution in [3.8, 4) is 0 Å². The number of piperidine rings is 2. The topological polar surface area (TPSA) is 86.4 Å². The maximum absolute atomic E-state index is 13.0. The molecule has 1 aromatic heterocycles. The highest BCUT2D eigenvalue weighted by atomic mass is 32.2. The molecule has 8 heteroatoms. The van der Waals surface area contributed by atoms with Gasteiger partial charge in [-0.3, -0.25) is 4.79 Å². The van der Waals surface area contributed by atoms with E-state index in [0.29, 0.717) is 32.0 Å². The summed E-state index contributed by atoms with van der Waals surface area (Å²) in [6.07, 6.45) is 5.24. The Morgan fingerprint density at radius 2 is 1.85 bits per heavy atom. The number of nitrogens with one attached hydrogen (secondary N) is 1. The normalized spacial score (nSPS) is 23.0. The van der Waals surface area contributed by atoms with Crippen molar-refractivity contribution in [2.24, 2.45) is 0 Å². The number of likely N-dealkylation sites (tertiary alicyclic amines) is 1. The van der Waals surface area contributed by atoms with Crippen LogP contribution in [-0.2, 0) is 14.8 Å². The van der Waals surface area contributed by atoms with Crippen LogP contribution < -0.4 is 0 Å². The first-order valence-corrected chi connectivity index (χ1v) is 11.5. The van der Waals surface area contributed by atoms with E-state index < -0.39 is 16.1 Å². The molecule has 0 radical (unpaired) electrons. The van der Waals surface area contributed by atoms with Crippen LogP contribution in [0.3, 0.4) is 0 Å². The maximum Gasteiger partial charge on any atom is 0.241 e. The standard InChI is InChI=1S/C19H26N4O3S/c1-27(25,26)23-11-5-4-8-17(23)19(24)22-12-9-14(10-13-22)18-20-15-6-2-3-7-16(15)21-18/h2-3,6-7,14,17H,4-5,8-13H2,1H3,(H,20,21). The summed E-state index contributed by atoms with van der Waals surface area (Å²) < 4.78 is 25.5. The van der Waals surface area contributed by atoms with Gasteiger partial charge in [-0.2, -0.15) is 4.31 Å². The molecule has 2 aliphatic rings. The second-order valence-electron chi connectivity index (χ2n) is 7.62. The molecular weight excluding hydrogens is 364 g/mol. The smallest absolute Gasteiger partial charge is 0.241 e. The van der Waals surface area contributed by atoms with Gasteiger partial charge >= 0.3 is 0 Å². The lowest BCUT2D eigenvalue weighted by Crippen LogP contribution is -2.54. The molecule has 0 bridgehead atoms. The monoisotopic (exact) mass is 390 g/mol. The molecule has 1 unspecified atom stereocenters. The van der Waals surface area contributed by atoms with Gasteiger partial charge in [-0.15, -0.1) is 0 Å². The summed E-state index contributed by atoms with van der Waals surface area (Å²) in [7, 11) is -3.36. The fraction of sp³-hybridized carbons (Fsp3) is 0.579. The fourth-order valence-electron chi connectivity index (χ4n) is 4.30. The Morgan fingerprint density at radius 1 is 1.11 bits per heavy atom. The van der Waals surface area contributed by atoms with Crippen molar-refractivity contribution in [2.75, 3.05) is 25.9 Å². The minimum Gasteiger partial charge on any atom is -0.342 e. The number of hydrogen-bond donors (Lipinski definition) is 1. The number of para-hydroxylation sites is 2. The zero-order valence-corrected chi connectivity index (χ0v) is 16.4. The maximum atomic E-state index is 13.0. The zero-order chi connectivity index (χ0) is 19.0. The predicted molar refractivity (Wildman–Crippen MR) is 104 cm³/mol. The van der Waals surface area contributed by atoms with Crippen molar-refractivity contribution in [3.05, 3.63) is 30.1 Å². The number of rotatable bonds is 3. The SMILES string of the molecule is CS(=O)(=O)N1CCCCC1C(=O)N1CCC(c2nc3ccccc3[nH]2)CC1. The molecule has 4 rings (SSSR count). The molecule has 0 spiro atoms. The van der Waals surface area contributed by atoms with Crippen molar-refractivity contribution in [3.63, 3.8) is 0 Å². The van der Waals surface area contributed by atoms with Crippen molar-refractivity contribution in [1.29, 1.82) is 0 Å². The minimum absolute atomic E-state index is 0.0387. The van der Waals surface area contributed by atoms with Crippen LogP contribution >= 0.6 is 0 Å². The number of aromatic amines is 1. The Labute approximate surface area is 159 Å². The van der Waals surface area contributed by atoms with Crippen LogP contribution in [-0.4, -0.2) is 65.4 Å². The summed E-state index contributed by atoms with van der Waals surface area (Å²) in [6.45, 7) is 1.74. The van der Waals surface area contributed by atoms with E-state index in [2.05, 4.69) is 4.98 Å². The highest BCUT2D eigenvalue weighted by Gasteiger charge is 2.38. The lowest BCUT2D eigenvalue weighted by molar-refractivity contribution is -0.137. The molecular formula is C19H26N4O3S. The average molecular weight is 391 g/mol. The molecule has 1 aromatic carbocycles. The summed E-state index contributed by atoms with van der Waals surface area (Å²) in [5, 5.41) is 0. The van der Waals surface area contributed by atoms with Crippen molar-refractivity contribution in [2.45, 2.75) is 44.1 Å². The summed E-state index contributed by atoms with van der Waals surface area (Å²) in [6, 6.07) is 7.45. The van der Waals surface area contributed by atoms with Gasteiger partial charge in [0.05, 0.1) is 17.3 Å². The van der Waals surface area contributed by atoms with E-state index in [9.17, 15) is 13.2 Å². The third kappa shape index (κ3) is 3.73. The highest BCUT2D eigenvalue weighted by molar-refractivity contribution is 7.88. The van der Waals surface area contributed by atoms with Gasteiger partial charge in [-0.1, -0.05) is 18.6 Å². The molecule has 1 amide bonds. The van der Waals surface area contributed by atoms with Gasteiger partial charge in [-0.25, -0.2) is 13.4 Å². The lowest BCUT2D eigenvalue weighted by atomic mass is 9.95. The fourth-order valence-corrected chi connectivity index (χ4v) is 5.42. The van der Waals surface area contributed by atoms with Gasteiger partial charge in [0.1, 0.15) is 11.9 Å². The number of amides is 1. The van der Waals surface area contributed by atoms with E-state index >= 15 is 0 Å². The Hall–Kier alpha value is -1.93. The predicted octanol–water partition coefficient (Wildman–Crippen LogP) is 2.08. The van der Waals surface area contributed by atoms with Crippen LogP contribution in [0.5, 0.6) is 0 Å². The Kier molecular flexibility index (Phi) is 4.94. The van der Waals surface area contributed by atoms with Crippen LogP contribution in [0.25, 0.3) is 11.0 Å². The third-order valence-corrected chi connectivity index (χ3v) is 7.05. The van der Waals surface area contributed by atoms with Crippen LogP contribution in [0.2, 0.25) is 0 Å². The molecule has 2 fully saturated rings. The summed E-state index contributed by atoms with van der Waals surface area (Å²) in [4.78, 5) is 22.9. The van der Waals surface area contributed by atoms with Gasteiger partial charge in [0.2, 0.25) is 15.9 Å². The highest BCUT2D eigenvalue weighted by Crippen LogP contribution is 2.29. The number of carbonyl (C=O) groups excluding carboxylic acids is 1. The van der Waals surface area contributed by atoms with Gasteiger partial charge in [0, 0.05) is 25.6 Å². The molecule has 3 heterocycles. The van der Waals surface area contributed by atoms with Crippen molar-refractivity contribution in [1.82, 2.24) is 19.2 Å². The first-order valence-electron chi connectivity index (χ1n) is 9.64. The zero-order valence-electron chi connectivity index (χ0n) is 15.6. The van der Waals surface area contributed by atoms with Crippen LogP contribution in [0.15, 0.2) is 24.3 Å². The van der Waals surface area contributed by atoms with E-state index in [1.807, 2.05) is 29.2 Å². The molecule has 1 atom stereocenters. The Balaban J connectivity index is 1.43. The number of H-pyrrole nitrogens is 1. The van der Waals surface area contributed by atoms with E-state index in [0.717, 1.165) is 42.5 Å². The van der Waals surface area contributed by atoms with Crippen LogP contribution in [0, 0.1) is 0 Å². The molecule has 2 aliphatic heterocycles. The molecule has 7 nitrogen and oxygen atoms in total. The molecule has 0 saturated carbocycles. The minimum atomic E-state index is -3.36. The third-order valence-electron chi connectivity index (χ3n) is 5.77. The quantitative estimate of drug-likeness (QED) is 0.869. The number of fused-ring (bicyclic) bond motifs is 1. The van der Waals surface area contributed by atoms with Crippen molar-refractivity contribution >= 4 is 27.0 Å². The van der Waals surface area contributed by atoms with E-state index in [-0.39, 0.29) is 5.91 Å². The Morgan fingerprint density at radius 3 is 2.56 bits per heavy atom. The Bertz CT molecular complexity index is 898. The number of carbonyl (C=O) groups is 1. The van der Waals surface area contributed by atoms with Crippen molar-refractivity contribution < 1.29 is 13.2 Å². The number of nitrogens with zero attached hydrogens (tertiary/aromatic N) is 3. The summed E-state index contributed by atoms with van der Waals surface area (Å²) in [5.41, 5.74) is 2.01. The lowest BCUT2D eigenvalue weighted by Gasteiger charge is -2.38.